The molecule has 6 nitrogen and oxygen atoms in total. The van der Waals surface area contributed by atoms with Gasteiger partial charge in [0.2, 0.25) is 0 Å². The zero-order chi connectivity index (χ0) is 20.5. The predicted octanol–water partition coefficient (Wildman–Crippen LogP) is 2.82. The number of rotatable bonds is 5. The number of fused-ring (bicyclic) bond motifs is 2. The van der Waals surface area contributed by atoms with E-state index in [0.717, 1.165) is 23.9 Å². The number of anilines is 1. The molecule has 1 atom stereocenters. The highest BCUT2D eigenvalue weighted by Crippen LogP contribution is 2.30. The highest BCUT2D eigenvalue weighted by Gasteiger charge is 2.21. The molecule has 150 valence electrons. The SMILES string of the molecule is CN1CCc2cc([C@@H](CNC(=O)c3cc4ccccc4oc3=O)N(C)C)ccc21. The summed E-state index contributed by atoms with van der Waals surface area (Å²) in [5.41, 5.74) is 3.63. The number of hydrogen-bond acceptors (Lipinski definition) is 5. The summed E-state index contributed by atoms with van der Waals surface area (Å²) in [6.07, 6.45) is 1.03. The maximum atomic E-state index is 12.7. The highest BCUT2D eigenvalue weighted by molar-refractivity contribution is 5.96. The molecule has 1 aliphatic rings. The molecule has 29 heavy (non-hydrogen) atoms. The van der Waals surface area contributed by atoms with Crippen LogP contribution >= 0.6 is 0 Å². The van der Waals surface area contributed by atoms with Crippen molar-refractivity contribution in [2.24, 2.45) is 0 Å². The molecule has 2 aromatic carbocycles. The first-order valence-electron chi connectivity index (χ1n) is 9.75. The maximum Gasteiger partial charge on any atom is 0.349 e. The van der Waals surface area contributed by atoms with Crippen LogP contribution in [0.25, 0.3) is 11.0 Å². The summed E-state index contributed by atoms with van der Waals surface area (Å²) in [7, 11) is 6.07. The van der Waals surface area contributed by atoms with E-state index < -0.39 is 11.5 Å². The predicted molar refractivity (Wildman–Crippen MR) is 115 cm³/mol. The van der Waals surface area contributed by atoms with Crippen molar-refractivity contribution in [3.63, 3.8) is 0 Å². The third-order valence-electron chi connectivity index (χ3n) is 5.58. The van der Waals surface area contributed by atoms with Gasteiger partial charge in [0, 0.05) is 31.2 Å². The average molecular weight is 391 g/mol. The first-order valence-corrected chi connectivity index (χ1v) is 9.75. The molecule has 0 radical (unpaired) electrons. The van der Waals surface area contributed by atoms with Gasteiger partial charge in [0.25, 0.3) is 5.91 Å². The number of likely N-dealkylation sites (N-methyl/N-ethyl adjacent to an activating group) is 2. The second-order valence-electron chi connectivity index (χ2n) is 7.73. The summed E-state index contributed by atoms with van der Waals surface area (Å²) in [6, 6.07) is 15.2. The minimum Gasteiger partial charge on any atom is -0.422 e. The van der Waals surface area contributed by atoms with E-state index in [2.05, 4.69) is 40.4 Å². The molecular formula is C23H25N3O3. The molecule has 3 aromatic rings. The summed E-state index contributed by atoms with van der Waals surface area (Å²) in [5.74, 6) is -0.419. The first-order chi connectivity index (χ1) is 13.9. The Morgan fingerprint density at radius 2 is 2.00 bits per heavy atom. The molecule has 0 bridgehead atoms. The minimum absolute atomic E-state index is 0.00246. The molecule has 0 spiro atoms. The lowest BCUT2D eigenvalue weighted by Crippen LogP contribution is -2.36. The van der Waals surface area contributed by atoms with Crippen molar-refractivity contribution in [2.45, 2.75) is 12.5 Å². The van der Waals surface area contributed by atoms with E-state index in [4.69, 9.17) is 4.42 Å². The lowest BCUT2D eigenvalue weighted by molar-refractivity contribution is 0.0938. The fourth-order valence-electron chi connectivity index (χ4n) is 3.90. The molecule has 6 heteroatoms. The van der Waals surface area contributed by atoms with Crippen LogP contribution in [0.3, 0.4) is 0 Å². The number of nitrogens with one attached hydrogen (secondary N) is 1. The van der Waals surface area contributed by atoms with E-state index in [9.17, 15) is 9.59 Å². The van der Waals surface area contributed by atoms with Gasteiger partial charge < -0.3 is 19.5 Å². The van der Waals surface area contributed by atoms with Gasteiger partial charge in [0.1, 0.15) is 11.1 Å². The number of para-hydroxylation sites is 1. The monoisotopic (exact) mass is 391 g/mol. The summed E-state index contributed by atoms with van der Waals surface area (Å²) in [6.45, 7) is 1.42. The number of hydrogen-bond donors (Lipinski definition) is 1. The summed E-state index contributed by atoms with van der Waals surface area (Å²) < 4.78 is 5.28. The quantitative estimate of drug-likeness (QED) is 0.678. The van der Waals surface area contributed by atoms with Crippen molar-refractivity contribution in [3.05, 3.63) is 75.6 Å². The Kier molecular flexibility index (Phi) is 5.11. The highest BCUT2D eigenvalue weighted by atomic mass is 16.4. The van der Waals surface area contributed by atoms with Crippen LogP contribution in [0.15, 0.2) is 57.7 Å². The Bertz CT molecular complexity index is 1120. The van der Waals surface area contributed by atoms with Crippen molar-refractivity contribution in [2.75, 3.05) is 39.1 Å². The van der Waals surface area contributed by atoms with Gasteiger partial charge in [-0.05, 0) is 49.8 Å². The Morgan fingerprint density at radius 1 is 1.21 bits per heavy atom. The van der Waals surface area contributed by atoms with E-state index in [-0.39, 0.29) is 11.6 Å². The van der Waals surface area contributed by atoms with E-state index in [1.54, 1.807) is 18.2 Å². The molecule has 1 aliphatic heterocycles. The third kappa shape index (κ3) is 3.76. The first kappa shape index (κ1) is 19.2. The van der Waals surface area contributed by atoms with Crippen molar-refractivity contribution in [3.8, 4) is 0 Å². The van der Waals surface area contributed by atoms with Crippen molar-refractivity contribution in [1.29, 1.82) is 0 Å². The summed E-state index contributed by atoms with van der Waals surface area (Å²) in [5, 5.41) is 3.64. The molecule has 1 amide bonds. The van der Waals surface area contributed by atoms with Gasteiger partial charge in [0.15, 0.2) is 0 Å². The molecule has 1 aromatic heterocycles. The smallest absolute Gasteiger partial charge is 0.349 e. The van der Waals surface area contributed by atoms with Gasteiger partial charge in [0.05, 0.1) is 6.04 Å². The van der Waals surface area contributed by atoms with Crippen LogP contribution < -0.4 is 15.8 Å². The maximum absolute atomic E-state index is 12.7. The van der Waals surface area contributed by atoms with Crippen LogP contribution in [-0.4, -0.2) is 45.0 Å². The Labute approximate surface area is 169 Å². The Morgan fingerprint density at radius 3 is 2.79 bits per heavy atom. The van der Waals surface area contributed by atoms with E-state index in [1.807, 2.05) is 26.2 Å². The van der Waals surface area contributed by atoms with E-state index in [0.29, 0.717) is 12.1 Å². The van der Waals surface area contributed by atoms with Crippen LogP contribution in [0.1, 0.15) is 27.5 Å². The number of carbonyl (C=O) groups excluding carboxylic acids is 1. The lowest BCUT2D eigenvalue weighted by Gasteiger charge is -2.26. The van der Waals surface area contributed by atoms with Crippen LogP contribution in [0, 0.1) is 0 Å². The van der Waals surface area contributed by atoms with Gasteiger partial charge in [-0.15, -0.1) is 0 Å². The number of amides is 1. The Balaban J connectivity index is 1.54. The summed E-state index contributed by atoms with van der Waals surface area (Å²) in [4.78, 5) is 29.3. The van der Waals surface area contributed by atoms with Crippen LogP contribution in [0.2, 0.25) is 0 Å². The van der Waals surface area contributed by atoms with Crippen LogP contribution in [0.5, 0.6) is 0 Å². The second-order valence-corrected chi connectivity index (χ2v) is 7.73. The normalized spacial score (nSPS) is 14.3. The van der Waals surface area contributed by atoms with Gasteiger partial charge in [-0.2, -0.15) is 0 Å². The zero-order valence-corrected chi connectivity index (χ0v) is 16.9. The van der Waals surface area contributed by atoms with E-state index >= 15 is 0 Å². The van der Waals surface area contributed by atoms with Crippen molar-refractivity contribution in [1.82, 2.24) is 10.2 Å². The largest absolute Gasteiger partial charge is 0.422 e. The lowest BCUT2D eigenvalue weighted by atomic mass is 10.0. The number of nitrogens with zero attached hydrogens (tertiary/aromatic N) is 2. The molecule has 0 fully saturated rings. The van der Waals surface area contributed by atoms with Crippen LogP contribution in [0.4, 0.5) is 5.69 Å². The van der Waals surface area contributed by atoms with E-state index in [1.165, 1.54) is 11.3 Å². The second kappa shape index (κ2) is 7.72. The fraction of sp³-hybridized carbons (Fsp3) is 0.304. The zero-order valence-electron chi connectivity index (χ0n) is 16.9. The fourth-order valence-corrected chi connectivity index (χ4v) is 3.90. The molecule has 0 aliphatic carbocycles. The molecule has 2 heterocycles. The van der Waals surface area contributed by atoms with Crippen molar-refractivity contribution < 1.29 is 9.21 Å². The minimum atomic E-state index is -0.622. The number of carbonyl (C=O) groups is 1. The summed E-state index contributed by atoms with van der Waals surface area (Å²) >= 11 is 0. The standard InChI is InChI=1S/C23H25N3O3/c1-25(2)20(15-8-9-19-16(12-15)10-11-26(19)3)14-24-22(27)18-13-17-6-4-5-7-21(17)29-23(18)28/h4-9,12-13,20H,10-11,14H2,1-3H3,(H,24,27)/t20-/m1/s1. The molecule has 0 unspecified atom stereocenters. The molecule has 1 N–H and O–H groups in total. The number of benzene rings is 2. The molecule has 0 saturated carbocycles. The van der Waals surface area contributed by atoms with Gasteiger partial charge in [-0.3, -0.25) is 4.79 Å². The average Bonchev–Trinajstić information content (AvgIpc) is 3.07. The van der Waals surface area contributed by atoms with Crippen LogP contribution in [-0.2, 0) is 6.42 Å². The molecule has 4 rings (SSSR count). The van der Waals surface area contributed by atoms with Gasteiger partial charge in [-0.25, -0.2) is 4.79 Å². The van der Waals surface area contributed by atoms with Crippen molar-refractivity contribution >= 4 is 22.6 Å². The molecular weight excluding hydrogens is 366 g/mol. The van der Waals surface area contributed by atoms with Gasteiger partial charge >= 0.3 is 5.63 Å². The third-order valence-corrected chi connectivity index (χ3v) is 5.58. The topological polar surface area (TPSA) is 65.8 Å². The Hall–Kier alpha value is -3.12. The molecule has 0 saturated heterocycles. The van der Waals surface area contributed by atoms with Gasteiger partial charge in [-0.1, -0.05) is 30.3 Å².